The molecule has 8 nitrogen and oxygen atoms in total. The number of fused-ring (bicyclic) bond motifs is 5. The summed E-state index contributed by atoms with van der Waals surface area (Å²) in [5, 5.41) is 3.62. The first kappa shape index (κ1) is 26.2. The Morgan fingerprint density at radius 3 is 2.50 bits per heavy atom. The van der Waals surface area contributed by atoms with Crippen molar-refractivity contribution in [2.75, 3.05) is 12.4 Å². The van der Waals surface area contributed by atoms with Crippen molar-refractivity contribution in [2.45, 2.75) is 18.6 Å². The number of carbonyl (C=O) groups excluding carboxylic acids is 2. The molecular weight excluding hydrogens is 563 g/mol. The summed E-state index contributed by atoms with van der Waals surface area (Å²) in [7, 11) is 0. The van der Waals surface area contributed by atoms with E-state index < -0.39 is 0 Å². The number of rotatable bonds is 8. The maximum Gasteiger partial charge on any atom is 0.338 e. The fourth-order valence-electron chi connectivity index (χ4n) is 4.39. The van der Waals surface area contributed by atoms with Gasteiger partial charge in [-0.05, 0) is 61.1 Å². The Kier molecular flexibility index (Phi) is 7.33. The van der Waals surface area contributed by atoms with E-state index in [-0.39, 0.29) is 17.6 Å². The third-order valence-corrected chi connectivity index (χ3v) is 8.54. The summed E-state index contributed by atoms with van der Waals surface area (Å²) in [6.07, 6.45) is 0. The number of para-hydroxylation sites is 2. The van der Waals surface area contributed by atoms with Crippen LogP contribution in [0, 0.1) is 3.95 Å². The Hall–Kier alpha value is -4.06. The summed E-state index contributed by atoms with van der Waals surface area (Å²) in [5.41, 5.74) is 5.39. The predicted octanol–water partition coefficient (Wildman–Crippen LogP) is 6.20. The van der Waals surface area contributed by atoms with E-state index in [0.29, 0.717) is 33.5 Å². The van der Waals surface area contributed by atoms with Crippen LogP contribution in [0.3, 0.4) is 0 Å². The summed E-state index contributed by atoms with van der Waals surface area (Å²) in [4.78, 5) is 34.9. The molecule has 0 aliphatic heterocycles. The Balaban J connectivity index is 1.40. The van der Waals surface area contributed by atoms with Crippen molar-refractivity contribution in [2.24, 2.45) is 0 Å². The lowest BCUT2D eigenvalue weighted by Gasteiger charge is -2.10. The van der Waals surface area contributed by atoms with E-state index in [2.05, 4.69) is 5.32 Å². The van der Waals surface area contributed by atoms with Crippen LogP contribution >= 0.6 is 35.3 Å². The number of esters is 1. The summed E-state index contributed by atoms with van der Waals surface area (Å²) in [6.45, 7) is 2.54. The smallest absolute Gasteiger partial charge is 0.338 e. The van der Waals surface area contributed by atoms with Crippen molar-refractivity contribution in [1.29, 1.82) is 0 Å². The molecule has 0 atom stereocenters. The van der Waals surface area contributed by atoms with Gasteiger partial charge in [0.05, 0.1) is 29.0 Å². The maximum atomic E-state index is 12.8. The van der Waals surface area contributed by atoms with Gasteiger partial charge in [0, 0.05) is 12.2 Å². The minimum atomic E-state index is -0.374. The largest absolute Gasteiger partial charge is 0.462 e. The number of thiazole rings is 1. The highest BCUT2D eigenvalue weighted by Gasteiger charge is 2.20. The van der Waals surface area contributed by atoms with E-state index in [1.807, 2.05) is 75.7 Å². The lowest BCUT2D eigenvalue weighted by atomic mass is 10.2. The quantitative estimate of drug-likeness (QED) is 0.0984. The second-order valence-electron chi connectivity index (χ2n) is 8.83. The number of carbonyl (C=O) groups is 2. The normalized spacial score (nSPS) is 11.3. The minimum absolute atomic E-state index is 0.0926. The predicted molar refractivity (Wildman–Crippen MR) is 161 cm³/mol. The number of hydrogen-bond donors (Lipinski definition) is 1. The van der Waals surface area contributed by atoms with Gasteiger partial charge in [-0.1, -0.05) is 65.6 Å². The second kappa shape index (κ2) is 11.2. The van der Waals surface area contributed by atoms with E-state index in [0.717, 1.165) is 32.6 Å². The van der Waals surface area contributed by atoms with Gasteiger partial charge in [-0.15, -0.1) is 0 Å². The molecule has 3 aromatic heterocycles. The molecule has 1 amide bonds. The molecule has 0 spiro atoms. The van der Waals surface area contributed by atoms with Gasteiger partial charge < -0.3 is 10.1 Å². The van der Waals surface area contributed by atoms with Crippen LogP contribution in [-0.4, -0.2) is 43.2 Å². The number of nitrogens with zero attached hydrogens (tertiary/aromatic N) is 4. The van der Waals surface area contributed by atoms with Gasteiger partial charge >= 0.3 is 5.97 Å². The number of ether oxygens (including phenoxy) is 1. The molecule has 11 heteroatoms. The number of nitrogens with one attached hydrogen (secondary N) is 1. The van der Waals surface area contributed by atoms with E-state index >= 15 is 0 Å². The van der Waals surface area contributed by atoms with Crippen molar-refractivity contribution >= 4 is 74.2 Å². The zero-order valence-corrected chi connectivity index (χ0v) is 23.8. The van der Waals surface area contributed by atoms with Gasteiger partial charge in [0.25, 0.3) is 0 Å². The van der Waals surface area contributed by atoms with E-state index in [1.54, 1.807) is 19.1 Å². The first-order valence-electron chi connectivity index (χ1n) is 12.6. The van der Waals surface area contributed by atoms with Crippen LogP contribution in [0.4, 0.5) is 0 Å². The molecule has 3 heterocycles. The van der Waals surface area contributed by atoms with E-state index in [9.17, 15) is 9.59 Å². The van der Waals surface area contributed by atoms with E-state index in [4.69, 9.17) is 26.9 Å². The van der Waals surface area contributed by atoms with Crippen LogP contribution < -0.4 is 5.32 Å². The minimum Gasteiger partial charge on any atom is -0.462 e. The second-order valence-corrected chi connectivity index (χ2v) is 11.4. The molecule has 0 radical (unpaired) electrons. The van der Waals surface area contributed by atoms with Crippen molar-refractivity contribution in [3.63, 3.8) is 0 Å². The van der Waals surface area contributed by atoms with Crippen LogP contribution in [0.5, 0.6) is 0 Å². The zero-order chi connectivity index (χ0) is 27.6. The maximum absolute atomic E-state index is 12.8. The highest BCUT2D eigenvalue weighted by atomic mass is 32.2. The van der Waals surface area contributed by atoms with Gasteiger partial charge in [0.2, 0.25) is 5.91 Å². The summed E-state index contributed by atoms with van der Waals surface area (Å²) in [5.74, 6) is -0.280. The molecule has 0 bridgehead atoms. The number of benzene rings is 3. The van der Waals surface area contributed by atoms with Gasteiger partial charge in [-0.2, -0.15) is 0 Å². The van der Waals surface area contributed by atoms with Gasteiger partial charge in [0.15, 0.2) is 20.4 Å². The SMILES string of the molecule is CCOC(=O)c1ccc(-n2c(=S)sc3c2nc(SCC(=O)NCc2ccccc2)n2c4ccccc4nc32)cc1. The molecule has 6 aromatic rings. The Bertz CT molecular complexity index is 1930. The number of thioether (sulfide) groups is 1. The third-order valence-electron chi connectivity index (χ3n) is 6.25. The van der Waals surface area contributed by atoms with Gasteiger partial charge in [0.1, 0.15) is 4.70 Å². The molecular formula is C29H23N5O3S3. The Labute approximate surface area is 242 Å². The number of imidazole rings is 1. The standard InChI is InChI=1S/C29H23N5O3S3/c1-2-37-27(36)19-12-14-20(15-13-19)33-26-24(40-29(33)38)25-31-21-10-6-7-11-22(21)34(25)28(32-26)39-17-23(35)30-16-18-8-4-3-5-9-18/h3-15H,2,16-17H2,1H3,(H,30,35). The Morgan fingerprint density at radius 2 is 1.73 bits per heavy atom. The first-order valence-corrected chi connectivity index (χ1v) is 14.8. The zero-order valence-electron chi connectivity index (χ0n) is 21.4. The third kappa shape index (κ3) is 4.99. The number of amides is 1. The molecule has 0 unspecified atom stereocenters. The first-order chi connectivity index (χ1) is 19.5. The molecule has 0 aliphatic carbocycles. The van der Waals surface area contributed by atoms with Crippen LogP contribution in [-0.2, 0) is 16.1 Å². The van der Waals surface area contributed by atoms with Crippen LogP contribution in [0.15, 0.2) is 84.0 Å². The molecule has 40 heavy (non-hydrogen) atoms. The fraction of sp³-hybridized carbons (Fsp3) is 0.138. The molecule has 1 N–H and O–H groups in total. The topological polar surface area (TPSA) is 90.5 Å². The summed E-state index contributed by atoms with van der Waals surface area (Å²) in [6, 6.07) is 24.7. The monoisotopic (exact) mass is 585 g/mol. The molecule has 0 fully saturated rings. The van der Waals surface area contributed by atoms with Crippen molar-refractivity contribution in [3.8, 4) is 5.69 Å². The van der Waals surface area contributed by atoms with Gasteiger partial charge in [-0.25, -0.2) is 14.8 Å². The average Bonchev–Trinajstić information content (AvgIpc) is 3.53. The lowest BCUT2D eigenvalue weighted by Crippen LogP contribution is -2.24. The highest BCUT2D eigenvalue weighted by Crippen LogP contribution is 2.34. The van der Waals surface area contributed by atoms with E-state index in [1.165, 1.54) is 23.1 Å². The van der Waals surface area contributed by atoms with Gasteiger partial charge in [-0.3, -0.25) is 13.8 Å². The molecule has 0 saturated heterocycles. The molecule has 200 valence electrons. The molecule has 3 aromatic carbocycles. The van der Waals surface area contributed by atoms with Crippen LogP contribution in [0.1, 0.15) is 22.8 Å². The van der Waals surface area contributed by atoms with Crippen LogP contribution in [0.2, 0.25) is 0 Å². The van der Waals surface area contributed by atoms with Crippen molar-refractivity contribution in [3.05, 3.63) is 93.9 Å². The average molecular weight is 586 g/mol. The number of aromatic nitrogens is 4. The van der Waals surface area contributed by atoms with Crippen LogP contribution in [0.25, 0.3) is 32.7 Å². The number of hydrogen-bond acceptors (Lipinski definition) is 8. The lowest BCUT2D eigenvalue weighted by molar-refractivity contribution is -0.118. The molecule has 0 aliphatic rings. The summed E-state index contributed by atoms with van der Waals surface area (Å²) < 4.78 is 10.4. The Morgan fingerprint density at radius 1 is 0.975 bits per heavy atom. The fourth-order valence-corrected chi connectivity index (χ4v) is 6.57. The summed E-state index contributed by atoms with van der Waals surface area (Å²) >= 11 is 8.55. The van der Waals surface area contributed by atoms with Crippen molar-refractivity contribution in [1.82, 2.24) is 24.3 Å². The highest BCUT2D eigenvalue weighted by molar-refractivity contribution is 7.99. The molecule has 6 rings (SSSR count). The molecule has 0 saturated carbocycles. The van der Waals surface area contributed by atoms with Crippen molar-refractivity contribution < 1.29 is 14.3 Å².